The predicted molar refractivity (Wildman–Crippen MR) is 92.0 cm³/mol. The average molecular weight is 369 g/mol. The van der Waals surface area contributed by atoms with Crippen molar-refractivity contribution in [3.05, 3.63) is 30.1 Å². The van der Waals surface area contributed by atoms with E-state index in [1.807, 2.05) is 16.7 Å². The summed E-state index contributed by atoms with van der Waals surface area (Å²) in [5, 5.41) is 0. The molecule has 0 bridgehead atoms. The minimum atomic E-state index is -3.70. The van der Waals surface area contributed by atoms with Crippen LogP contribution >= 0.6 is 0 Å². The van der Waals surface area contributed by atoms with E-state index in [9.17, 15) is 17.6 Å². The molecule has 2 fully saturated rings. The topological polar surface area (TPSA) is 60.9 Å². The zero-order valence-corrected chi connectivity index (χ0v) is 15.2. The number of rotatable bonds is 4. The van der Waals surface area contributed by atoms with Gasteiger partial charge in [-0.2, -0.15) is 4.31 Å². The number of sulfonamides is 1. The van der Waals surface area contributed by atoms with Gasteiger partial charge in [-0.1, -0.05) is 6.07 Å². The summed E-state index contributed by atoms with van der Waals surface area (Å²) in [6.45, 7) is 5.11. The standard InChI is InChI=1S/C17H24FN3O3S/c1-14(17(22)20-7-2-3-8-20)19-9-11-21(12-10-19)25(23,24)16-6-4-5-15(18)13-16/h4-6,13-14H,2-3,7-12H2,1H3. The molecule has 0 N–H and O–H groups in total. The van der Waals surface area contributed by atoms with Crippen LogP contribution < -0.4 is 0 Å². The SMILES string of the molecule is CC(C(=O)N1CCCC1)N1CCN(S(=O)(=O)c2cccc(F)c2)CC1. The molecular weight excluding hydrogens is 345 g/mol. The Kier molecular flexibility index (Phi) is 5.41. The van der Waals surface area contributed by atoms with E-state index in [0.29, 0.717) is 26.2 Å². The molecule has 0 spiro atoms. The number of amides is 1. The fourth-order valence-electron chi connectivity index (χ4n) is 3.47. The van der Waals surface area contributed by atoms with Crippen LogP contribution in [0, 0.1) is 5.82 Å². The molecule has 8 heteroatoms. The third kappa shape index (κ3) is 3.86. The van der Waals surface area contributed by atoms with Gasteiger partial charge in [0.2, 0.25) is 15.9 Å². The maximum Gasteiger partial charge on any atom is 0.243 e. The molecule has 2 aliphatic heterocycles. The number of likely N-dealkylation sites (tertiary alicyclic amines) is 1. The molecule has 1 atom stereocenters. The van der Waals surface area contributed by atoms with Gasteiger partial charge in [0, 0.05) is 39.3 Å². The Hall–Kier alpha value is -1.51. The lowest BCUT2D eigenvalue weighted by atomic mass is 10.2. The fraction of sp³-hybridized carbons (Fsp3) is 0.588. The molecule has 0 aliphatic carbocycles. The van der Waals surface area contributed by atoms with Crippen molar-refractivity contribution >= 4 is 15.9 Å². The summed E-state index contributed by atoms with van der Waals surface area (Å²) in [4.78, 5) is 16.4. The molecule has 1 aromatic rings. The van der Waals surface area contributed by atoms with Gasteiger partial charge in [0.1, 0.15) is 5.82 Å². The monoisotopic (exact) mass is 369 g/mol. The van der Waals surface area contributed by atoms with Crippen molar-refractivity contribution in [1.82, 2.24) is 14.1 Å². The van der Waals surface area contributed by atoms with Gasteiger partial charge in [-0.05, 0) is 38.0 Å². The average Bonchev–Trinajstić information content (AvgIpc) is 3.15. The molecule has 0 saturated carbocycles. The largest absolute Gasteiger partial charge is 0.341 e. The Morgan fingerprint density at radius 1 is 1.08 bits per heavy atom. The highest BCUT2D eigenvalue weighted by atomic mass is 32.2. The highest BCUT2D eigenvalue weighted by molar-refractivity contribution is 7.89. The van der Waals surface area contributed by atoms with Gasteiger partial charge in [-0.3, -0.25) is 9.69 Å². The van der Waals surface area contributed by atoms with Crippen LogP contribution in [-0.2, 0) is 14.8 Å². The summed E-state index contributed by atoms with van der Waals surface area (Å²) < 4.78 is 40.0. The third-order valence-electron chi connectivity index (χ3n) is 5.03. The maximum atomic E-state index is 13.3. The van der Waals surface area contributed by atoms with Crippen LogP contribution in [0.5, 0.6) is 0 Å². The number of piperazine rings is 1. The van der Waals surface area contributed by atoms with Crippen LogP contribution in [0.15, 0.2) is 29.2 Å². The van der Waals surface area contributed by atoms with Gasteiger partial charge in [0.25, 0.3) is 0 Å². The molecule has 0 radical (unpaired) electrons. The molecule has 1 amide bonds. The Labute approximate surface area is 148 Å². The summed E-state index contributed by atoms with van der Waals surface area (Å²) in [6.07, 6.45) is 2.11. The minimum Gasteiger partial charge on any atom is -0.341 e. The first-order chi connectivity index (χ1) is 11.9. The number of carbonyl (C=O) groups excluding carboxylic acids is 1. The molecule has 6 nitrogen and oxygen atoms in total. The van der Waals surface area contributed by atoms with Crippen LogP contribution in [0.4, 0.5) is 4.39 Å². The summed E-state index contributed by atoms with van der Waals surface area (Å²) in [7, 11) is -3.70. The Balaban J connectivity index is 1.62. The number of carbonyl (C=O) groups is 1. The van der Waals surface area contributed by atoms with E-state index < -0.39 is 15.8 Å². The first kappa shape index (κ1) is 18.3. The number of benzene rings is 1. The number of hydrogen-bond acceptors (Lipinski definition) is 4. The molecule has 2 heterocycles. The second kappa shape index (κ2) is 7.39. The molecule has 3 rings (SSSR count). The smallest absolute Gasteiger partial charge is 0.243 e. The van der Waals surface area contributed by atoms with Crippen LogP contribution in [-0.4, -0.2) is 73.7 Å². The maximum absolute atomic E-state index is 13.3. The summed E-state index contributed by atoms with van der Waals surface area (Å²) in [5.41, 5.74) is 0. The lowest BCUT2D eigenvalue weighted by Gasteiger charge is -2.37. The van der Waals surface area contributed by atoms with Gasteiger partial charge in [0.05, 0.1) is 10.9 Å². The molecule has 1 aromatic carbocycles. The van der Waals surface area contributed by atoms with Gasteiger partial charge < -0.3 is 4.90 Å². The molecule has 25 heavy (non-hydrogen) atoms. The lowest BCUT2D eigenvalue weighted by molar-refractivity contribution is -0.135. The van der Waals surface area contributed by atoms with Crippen molar-refractivity contribution in [3.63, 3.8) is 0 Å². The first-order valence-corrected chi connectivity index (χ1v) is 10.1. The van der Waals surface area contributed by atoms with E-state index in [2.05, 4.69) is 0 Å². The van der Waals surface area contributed by atoms with Crippen LogP contribution in [0.1, 0.15) is 19.8 Å². The Morgan fingerprint density at radius 2 is 1.72 bits per heavy atom. The van der Waals surface area contributed by atoms with E-state index >= 15 is 0 Å². The molecule has 0 aromatic heterocycles. The number of hydrogen-bond donors (Lipinski definition) is 0. The number of halogens is 1. The summed E-state index contributed by atoms with van der Waals surface area (Å²) >= 11 is 0. The second-order valence-electron chi connectivity index (χ2n) is 6.61. The first-order valence-electron chi connectivity index (χ1n) is 8.68. The van der Waals surface area contributed by atoms with E-state index in [1.54, 1.807) is 0 Å². The second-order valence-corrected chi connectivity index (χ2v) is 8.54. The summed E-state index contributed by atoms with van der Waals surface area (Å²) in [6, 6.07) is 4.83. The van der Waals surface area contributed by atoms with E-state index in [1.165, 1.54) is 22.5 Å². The van der Waals surface area contributed by atoms with Crippen molar-refractivity contribution in [2.75, 3.05) is 39.3 Å². The molecule has 2 aliphatic rings. The van der Waals surface area contributed by atoms with Crippen molar-refractivity contribution in [3.8, 4) is 0 Å². The quantitative estimate of drug-likeness (QED) is 0.799. The summed E-state index contributed by atoms with van der Waals surface area (Å²) in [5.74, 6) is -0.441. The Bertz CT molecular complexity index is 726. The highest BCUT2D eigenvalue weighted by Gasteiger charge is 2.33. The van der Waals surface area contributed by atoms with Crippen molar-refractivity contribution in [2.45, 2.75) is 30.7 Å². The molecular formula is C17H24FN3O3S. The fourth-order valence-corrected chi connectivity index (χ4v) is 4.92. The predicted octanol–water partition coefficient (Wildman–Crippen LogP) is 1.14. The van der Waals surface area contributed by atoms with E-state index in [-0.39, 0.29) is 16.8 Å². The normalized spacial score (nSPS) is 21.4. The zero-order chi connectivity index (χ0) is 18.0. The molecule has 138 valence electrons. The van der Waals surface area contributed by atoms with Gasteiger partial charge in [-0.25, -0.2) is 12.8 Å². The van der Waals surface area contributed by atoms with Crippen molar-refractivity contribution in [2.24, 2.45) is 0 Å². The van der Waals surface area contributed by atoms with Gasteiger partial charge in [0.15, 0.2) is 0 Å². The lowest BCUT2D eigenvalue weighted by Crippen LogP contribution is -2.55. The molecule has 1 unspecified atom stereocenters. The van der Waals surface area contributed by atoms with E-state index in [0.717, 1.165) is 32.0 Å². The third-order valence-corrected chi connectivity index (χ3v) is 6.92. The van der Waals surface area contributed by atoms with Crippen LogP contribution in [0.25, 0.3) is 0 Å². The number of nitrogens with zero attached hydrogens (tertiary/aromatic N) is 3. The Morgan fingerprint density at radius 3 is 2.32 bits per heavy atom. The molecule has 2 saturated heterocycles. The highest BCUT2D eigenvalue weighted by Crippen LogP contribution is 2.20. The van der Waals surface area contributed by atoms with Crippen LogP contribution in [0.2, 0.25) is 0 Å². The van der Waals surface area contributed by atoms with Crippen molar-refractivity contribution < 1.29 is 17.6 Å². The van der Waals surface area contributed by atoms with Crippen LogP contribution in [0.3, 0.4) is 0 Å². The minimum absolute atomic E-state index is 0.0258. The van der Waals surface area contributed by atoms with Gasteiger partial charge in [-0.15, -0.1) is 0 Å². The van der Waals surface area contributed by atoms with Gasteiger partial charge >= 0.3 is 0 Å². The van der Waals surface area contributed by atoms with Crippen molar-refractivity contribution in [1.29, 1.82) is 0 Å². The van der Waals surface area contributed by atoms with E-state index in [4.69, 9.17) is 0 Å². The zero-order valence-electron chi connectivity index (χ0n) is 14.4.